The lowest BCUT2D eigenvalue weighted by atomic mass is 10.0. The van der Waals surface area contributed by atoms with Crippen LogP contribution in [0.1, 0.15) is 30.3 Å². The number of aromatic nitrogens is 1. The van der Waals surface area contributed by atoms with Crippen LogP contribution in [0.25, 0.3) is 0 Å². The summed E-state index contributed by atoms with van der Waals surface area (Å²) in [7, 11) is 0. The molecule has 3 N–H and O–H groups in total. The van der Waals surface area contributed by atoms with Crippen LogP contribution in [0.2, 0.25) is 0 Å². The molecule has 0 spiro atoms. The number of hydrogen-bond acceptors (Lipinski definition) is 6. The average Bonchev–Trinajstić information content (AvgIpc) is 2.88. The van der Waals surface area contributed by atoms with E-state index in [2.05, 4.69) is 17.2 Å². The minimum Gasteiger partial charge on any atom is -0.396 e. The van der Waals surface area contributed by atoms with Gasteiger partial charge in [0.25, 0.3) is 0 Å². The van der Waals surface area contributed by atoms with Crippen molar-refractivity contribution >= 4 is 11.3 Å². The van der Waals surface area contributed by atoms with Gasteiger partial charge in [-0.3, -0.25) is 0 Å². The molecule has 0 amide bonds. The first-order chi connectivity index (χ1) is 10.2. The van der Waals surface area contributed by atoms with Gasteiger partial charge in [-0.25, -0.2) is 4.98 Å². The van der Waals surface area contributed by atoms with Crippen molar-refractivity contribution in [3.8, 4) is 0 Å². The minimum atomic E-state index is -0.487. The molecule has 0 aliphatic heterocycles. The number of nitrogens with zero attached hydrogens (tertiary/aromatic N) is 1. The van der Waals surface area contributed by atoms with Gasteiger partial charge in [0, 0.05) is 24.4 Å². The number of ether oxygens (including phenoxy) is 1. The summed E-state index contributed by atoms with van der Waals surface area (Å²) in [5.74, 6) is 0.470. The lowest BCUT2D eigenvalue weighted by molar-refractivity contribution is 0.0379. The zero-order valence-corrected chi connectivity index (χ0v) is 13.9. The monoisotopic (exact) mass is 316 g/mol. The molecule has 0 fully saturated rings. The highest BCUT2D eigenvalue weighted by Gasteiger charge is 2.08. The number of aliphatic hydroxyl groups is 2. The van der Waals surface area contributed by atoms with Crippen molar-refractivity contribution < 1.29 is 14.9 Å². The third kappa shape index (κ3) is 7.87. The highest BCUT2D eigenvalue weighted by atomic mass is 32.1. The van der Waals surface area contributed by atoms with E-state index in [0.717, 1.165) is 31.5 Å². The van der Waals surface area contributed by atoms with Crippen LogP contribution in [0.3, 0.4) is 0 Å². The maximum Gasteiger partial charge on any atom is 0.0897 e. The summed E-state index contributed by atoms with van der Waals surface area (Å²) in [6, 6.07) is 0. The number of aryl methyl sites for hydroxylation is 1. The Hall–Kier alpha value is -0.530. The lowest BCUT2D eigenvalue weighted by Gasteiger charge is -2.16. The van der Waals surface area contributed by atoms with Crippen molar-refractivity contribution in [1.82, 2.24) is 10.3 Å². The Morgan fingerprint density at radius 3 is 2.86 bits per heavy atom. The van der Waals surface area contributed by atoms with Gasteiger partial charge in [-0.2, -0.15) is 0 Å². The Bertz CT molecular complexity index is 374. The molecule has 1 heterocycles. The third-order valence-electron chi connectivity index (χ3n) is 3.56. The van der Waals surface area contributed by atoms with Crippen molar-refractivity contribution in [3.63, 3.8) is 0 Å². The Labute approximate surface area is 131 Å². The molecule has 2 atom stereocenters. The average molecular weight is 316 g/mol. The summed E-state index contributed by atoms with van der Waals surface area (Å²) in [5, 5.41) is 22.0. The van der Waals surface area contributed by atoms with Crippen LogP contribution >= 0.6 is 11.3 Å². The Morgan fingerprint density at radius 2 is 2.24 bits per heavy atom. The number of aliphatic hydroxyl groups excluding tert-OH is 2. The number of nitrogens with one attached hydrogen (secondary N) is 1. The second kappa shape index (κ2) is 11.1. The molecule has 5 nitrogen and oxygen atoms in total. The SMILES string of the molecule is CCC(CCO)CNCC(O)COCCc1scnc1C. The summed E-state index contributed by atoms with van der Waals surface area (Å²) < 4.78 is 5.50. The van der Waals surface area contributed by atoms with Crippen LogP contribution in [0.5, 0.6) is 0 Å². The van der Waals surface area contributed by atoms with Gasteiger partial charge in [-0.15, -0.1) is 11.3 Å². The van der Waals surface area contributed by atoms with E-state index in [0.29, 0.717) is 25.7 Å². The molecule has 2 unspecified atom stereocenters. The van der Waals surface area contributed by atoms with Crippen molar-refractivity contribution in [2.45, 2.75) is 39.2 Å². The van der Waals surface area contributed by atoms with Crippen LogP contribution in [-0.2, 0) is 11.2 Å². The van der Waals surface area contributed by atoms with E-state index >= 15 is 0 Å². The quantitative estimate of drug-likeness (QED) is 0.508. The number of thiazole rings is 1. The summed E-state index contributed by atoms with van der Waals surface area (Å²) in [6.45, 7) is 6.66. The smallest absolute Gasteiger partial charge is 0.0897 e. The first kappa shape index (κ1) is 18.5. The highest BCUT2D eigenvalue weighted by molar-refractivity contribution is 7.09. The highest BCUT2D eigenvalue weighted by Crippen LogP contribution is 2.12. The van der Waals surface area contributed by atoms with Gasteiger partial charge < -0.3 is 20.3 Å². The zero-order valence-electron chi connectivity index (χ0n) is 13.0. The molecule has 0 aromatic carbocycles. The van der Waals surface area contributed by atoms with Gasteiger partial charge in [0.2, 0.25) is 0 Å². The summed E-state index contributed by atoms with van der Waals surface area (Å²) in [5.41, 5.74) is 2.92. The van der Waals surface area contributed by atoms with E-state index in [1.165, 1.54) is 4.88 Å². The molecule has 0 bridgehead atoms. The molecule has 0 aliphatic carbocycles. The summed E-state index contributed by atoms with van der Waals surface area (Å²) in [6.07, 6.45) is 2.21. The van der Waals surface area contributed by atoms with Crippen molar-refractivity contribution in [2.24, 2.45) is 5.92 Å². The van der Waals surface area contributed by atoms with E-state index in [1.807, 2.05) is 12.4 Å². The third-order valence-corrected chi connectivity index (χ3v) is 4.55. The minimum absolute atomic E-state index is 0.225. The first-order valence-electron chi connectivity index (χ1n) is 7.63. The molecule has 6 heteroatoms. The molecule has 0 saturated carbocycles. The van der Waals surface area contributed by atoms with Crippen LogP contribution in [0.15, 0.2) is 5.51 Å². The van der Waals surface area contributed by atoms with Crippen LogP contribution in [-0.4, -0.2) is 54.2 Å². The van der Waals surface area contributed by atoms with Gasteiger partial charge >= 0.3 is 0 Å². The van der Waals surface area contributed by atoms with E-state index in [1.54, 1.807) is 11.3 Å². The second-order valence-corrected chi connectivity index (χ2v) is 6.22. The summed E-state index contributed by atoms with van der Waals surface area (Å²) >= 11 is 1.65. The number of hydrogen-bond donors (Lipinski definition) is 3. The maximum atomic E-state index is 9.83. The maximum absolute atomic E-state index is 9.83. The van der Waals surface area contributed by atoms with Gasteiger partial charge in [0.05, 0.1) is 30.5 Å². The molecule has 0 aliphatic rings. The first-order valence-corrected chi connectivity index (χ1v) is 8.51. The molecule has 0 radical (unpaired) electrons. The zero-order chi connectivity index (χ0) is 15.5. The van der Waals surface area contributed by atoms with Gasteiger partial charge in [-0.05, 0) is 25.8 Å². The second-order valence-electron chi connectivity index (χ2n) is 5.28. The molecule has 122 valence electrons. The molecule has 1 aromatic rings. The Kier molecular flexibility index (Phi) is 9.78. The lowest BCUT2D eigenvalue weighted by Crippen LogP contribution is -2.33. The Morgan fingerprint density at radius 1 is 1.43 bits per heavy atom. The van der Waals surface area contributed by atoms with Crippen molar-refractivity contribution in [1.29, 1.82) is 0 Å². The van der Waals surface area contributed by atoms with Crippen molar-refractivity contribution in [3.05, 3.63) is 16.1 Å². The molecular formula is C15H28N2O3S. The fraction of sp³-hybridized carbons (Fsp3) is 0.800. The van der Waals surface area contributed by atoms with Gasteiger partial charge in [0.1, 0.15) is 0 Å². The Balaban J connectivity index is 2.03. The summed E-state index contributed by atoms with van der Waals surface area (Å²) in [4.78, 5) is 5.44. The van der Waals surface area contributed by atoms with E-state index in [-0.39, 0.29) is 6.61 Å². The predicted molar refractivity (Wildman–Crippen MR) is 85.7 cm³/mol. The fourth-order valence-corrected chi connectivity index (χ4v) is 2.86. The number of rotatable bonds is 12. The molecule has 21 heavy (non-hydrogen) atoms. The topological polar surface area (TPSA) is 74.6 Å². The van der Waals surface area contributed by atoms with Crippen LogP contribution < -0.4 is 5.32 Å². The predicted octanol–water partition coefficient (Wildman–Crippen LogP) is 1.37. The molecule has 1 aromatic heterocycles. The molecular weight excluding hydrogens is 288 g/mol. The molecule has 1 rings (SSSR count). The van der Waals surface area contributed by atoms with Gasteiger partial charge in [-0.1, -0.05) is 13.3 Å². The van der Waals surface area contributed by atoms with Gasteiger partial charge in [0.15, 0.2) is 0 Å². The largest absolute Gasteiger partial charge is 0.396 e. The van der Waals surface area contributed by atoms with E-state index in [9.17, 15) is 5.11 Å². The fourth-order valence-electron chi connectivity index (χ4n) is 2.10. The van der Waals surface area contributed by atoms with E-state index in [4.69, 9.17) is 9.84 Å². The van der Waals surface area contributed by atoms with Crippen molar-refractivity contribution in [2.75, 3.05) is 32.9 Å². The van der Waals surface area contributed by atoms with Crippen LogP contribution in [0.4, 0.5) is 0 Å². The molecule has 0 saturated heterocycles. The normalized spacial score (nSPS) is 14.3. The van der Waals surface area contributed by atoms with Crippen LogP contribution in [0, 0.1) is 12.8 Å². The van der Waals surface area contributed by atoms with E-state index < -0.39 is 6.10 Å². The standard InChI is InChI=1S/C15H28N2O3S/c1-3-13(4-6-18)8-16-9-14(19)10-20-7-5-15-12(2)17-11-21-15/h11,13-14,16,18-19H,3-10H2,1-2H3.